The van der Waals surface area contributed by atoms with Gasteiger partial charge in [-0.1, -0.05) is 12.2 Å². The lowest BCUT2D eigenvalue weighted by molar-refractivity contribution is -0.0891. The average molecular weight is 225 g/mol. The third-order valence-corrected chi connectivity index (χ3v) is 3.54. The minimum Gasteiger partial charge on any atom is -0.378 e. The van der Waals surface area contributed by atoms with Crippen molar-refractivity contribution >= 4 is 0 Å². The van der Waals surface area contributed by atoms with Crippen LogP contribution in [0.4, 0.5) is 0 Å². The molecule has 0 aliphatic carbocycles. The normalized spacial score (nSPS) is 35.2. The first kappa shape index (κ1) is 12.1. The highest BCUT2D eigenvalue weighted by molar-refractivity contribution is 4.93. The molecule has 1 spiro atoms. The van der Waals surface area contributed by atoms with Gasteiger partial charge in [0.25, 0.3) is 0 Å². The van der Waals surface area contributed by atoms with Crippen LogP contribution >= 0.6 is 0 Å². The molecule has 92 valence electrons. The van der Waals surface area contributed by atoms with Crippen molar-refractivity contribution in [1.29, 1.82) is 0 Å². The van der Waals surface area contributed by atoms with Crippen LogP contribution in [0.3, 0.4) is 0 Å². The van der Waals surface area contributed by atoms with E-state index in [2.05, 4.69) is 24.4 Å². The fraction of sp³-hybridized carbons (Fsp3) is 0.846. The van der Waals surface area contributed by atoms with Gasteiger partial charge in [0.2, 0.25) is 0 Å². The maximum atomic E-state index is 5.91. The number of rotatable bonds is 4. The molecule has 0 saturated carbocycles. The van der Waals surface area contributed by atoms with Gasteiger partial charge >= 0.3 is 0 Å². The summed E-state index contributed by atoms with van der Waals surface area (Å²) in [6.07, 6.45) is 8.76. The van der Waals surface area contributed by atoms with E-state index in [-0.39, 0.29) is 5.60 Å². The molecule has 2 atom stereocenters. The highest BCUT2D eigenvalue weighted by Crippen LogP contribution is 2.32. The van der Waals surface area contributed by atoms with E-state index in [1.54, 1.807) is 0 Å². The van der Waals surface area contributed by atoms with Gasteiger partial charge in [-0.25, -0.2) is 0 Å². The first-order valence-electron chi connectivity index (χ1n) is 6.41. The lowest BCUT2D eigenvalue weighted by Crippen LogP contribution is -2.47. The van der Waals surface area contributed by atoms with Crippen LogP contribution in [0.1, 0.15) is 32.6 Å². The van der Waals surface area contributed by atoms with Gasteiger partial charge in [-0.3, -0.25) is 0 Å². The molecule has 2 fully saturated rings. The van der Waals surface area contributed by atoms with Gasteiger partial charge in [-0.2, -0.15) is 0 Å². The predicted octanol–water partition coefficient (Wildman–Crippen LogP) is 1.88. The fourth-order valence-electron chi connectivity index (χ4n) is 2.60. The van der Waals surface area contributed by atoms with E-state index < -0.39 is 0 Å². The van der Waals surface area contributed by atoms with E-state index in [0.29, 0.717) is 6.04 Å². The zero-order chi connectivity index (χ0) is 11.3. The van der Waals surface area contributed by atoms with E-state index in [1.807, 2.05) is 0 Å². The van der Waals surface area contributed by atoms with Crippen LogP contribution in [0.5, 0.6) is 0 Å². The molecule has 1 N–H and O–H groups in total. The smallest absolute Gasteiger partial charge is 0.0951 e. The SMILES string of the molecule is C/C=C/CCNC1CCOC2(CCOC2)C1. The Labute approximate surface area is 98.2 Å². The summed E-state index contributed by atoms with van der Waals surface area (Å²) in [5.74, 6) is 0. The topological polar surface area (TPSA) is 30.5 Å². The van der Waals surface area contributed by atoms with Crippen LogP contribution in [0.15, 0.2) is 12.2 Å². The Bertz CT molecular complexity index is 234. The summed E-state index contributed by atoms with van der Waals surface area (Å²) >= 11 is 0. The maximum absolute atomic E-state index is 5.91. The van der Waals surface area contributed by atoms with Crippen LogP contribution < -0.4 is 5.32 Å². The maximum Gasteiger partial charge on any atom is 0.0951 e. The lowest BCUT2D eigenvalue weighted by Gasteiger charge is -2.37. The lowest BCUT2D eigenvalue weighted by atomic mass is 9.89. The van der Waals surface area contributed by atoms with Gasteiger partial charge in [-0.05, 0) is 32.7 Å². The van der Waals surface area contributed by atoms with E-state index >= 15 is 0 Å². The molecule has 0 bridgehead atoms. The molecule has 3 nitrogen and oxygen atoms in total. The first-order valence-corrected chi connectivity index (χ1v) is 6.41. The molecule has 2 saturated heterocycles. The monoisotopic (exact) mass is 225 g/mol. The Morgan fingerprint density at radius 1 is 1.44 bits per heavy atom. The Hall–Kier alpha value is -0.380. The summed E-state index contributed by atoms with van der Waals surface area (Å²) in [4.78, 5) is 0. The van der Waals surface area contributed by atoms with Crippen LogP contribution in [0.25, 0.3) is 0 Å². The average Bonchev–Trinajstić information content (AvgIpc) is 2.73. The first-order chi connectivity index (χ1) is 7.85. The zero-order valence-corrected chi connectivity index (χ0v) is 10.2. The van der Waals surface area contributed by atoms with Crippen molar-refractivity contribution in [1.82, 2.24) is 5.32 Å². The number of allylic oxidation sites excluding steroid dienone is 1. The molecule has 3 heteroatoms. The standard InChI is InChI=1S/C13H23NO2/c1-2-3-4-7-14-12-5-8-16-13(10-12)6-9-15-11-13/h2-3,12,14H,4-11H2,1H3/b3-2+. The summed E-state index contributed by atoms with van der Waals surface area (Å²) in [7, 11) is 0. The van der Waals surface area contributed by atoms with Crippen molar-refractivity contribution in [2.45, 2.75) is 44.2 Å². The highest BCUT2D eigenvalue weighted by Gasteiger charge is 2.40. The molecule has 16 heavy (non-hydrogen) atoms. The Morgan fingerprint density at radius 3 is 3.12 bits per heavy atom. The Balaban J connectivity index is 1.73. The van der Waals surface area contributed by atoms with Crippen LogP contribution in [-0.4, -0.2) is 38.0 Å². The molecule has 2 rings (SSSR count). The number of nitrogens with one attached hydrogen (secondary N) is 1. The van der Waals surface area contributed by atoms with Gasteiger partial charge in [0, 0.05) is 25.7 Å². The minimum absolute atomic E-state index is 0.0382. The molecule has 2 aliphatic heterocycles. The summed E-state index contributed by atoms with van der Waals surface area (Å²) in [5.41, 5.74) is 0.0382. The molecule has 2 heterocycles. The summed E-state index contributed by atoms with van der Waals surface area (Å²) in [5, 5.41) is 3.62. The minimum atomic E-state index is 0.0382. The van der Waals surface area contributed by atoms with Gasteiger partial charge < -0.3 is 14.8 Å². The quantitative estimate of drug-likeness (QED) is 0.585. The Morgan fingerprint density at radius 2 is 2.38 bits per heavy atom. The number of hydrogen-bond acceptors (Lipinski definition) is 3. The third kappa shape index (κ3) is 3.06. The van der Waals surface area contributed by atoms with Crippen LogP contribution in [0, 0.1) is 0 Å². The van der Waals surface area contributed by atoms with E-state index in [9.17, 15) is 0 Å². The van der Waals surface area contributed by atoms with Crippen molar-refractivity contribution in [3.63, 3.8) is 0 Å². The van der Waals surface area contributed by atoms with Gasteiger partial charge in [-0.15, -0.1) is 0 Å². The highest BCUT2D eigenvalue weighted by atomic mass is 16.6. The van der Waals surface area contributed by atoms with Gasteiger partial charge in [0.05, 0.1) is 12.2 Å². The third-order valence-electron chi connectivity index (χ3n) is 3.54. The molecule has 0 radical (unpaired) electrons. The van der Waals surface area contributed by atoms with Crippen LogP contribution in [-0.2, 0) is 9.47 Å². The van der Waals surface area contributed by atoms with Crippen molar-refractivity contribution < 1.29 is 9.47 Å². The summed E-state index contributed by atoms with van der Waals surface area (Å²) in [6.45, 7) is 5.68. The van der Waals surface area contributed by atoms with Gasteiger partial charge in [0.1, 0.15) is 0 Å². The number of ether oxygens (including phenoxy) is 2. The number of hydrogen-bond donors (Lipinski definition) is 1. The largest absolute Gasteiger partial charge is 0.378 e. The predicted molar refractivity (Wildman–Crippen MR) is 64.6 cm³/mol. The zero-order valence-electron chi connectivity index (χ0n) is 10.2. The van der Waals surface area contributed by atoms with Crippen LogP contribution in [0.2, 0.25) is 0 Å². The summed E-state index contributed by atoms with van der Waals surface area (Å²) < 4.78 is 11.4. The second kappa shape index (κ2) is 5.80. The molecular weight excluding hydrogens is 202 g/mol. The van der Waals surface area contributed by atoms with E-state index in [0.717, 1.165) is 52.0 Å². The van der Waals surface area contributed by atoms with Gasteiger partial charge in [0.15, 0.2) is 0 Å². The van der Waals surface area contributed by atoms with Crippen molar-refractivity contribution in [2.24, 2.45) is 0 Å². The molecule has 0 aromatic carbocycles. The van der Waals surface area contributed by atoms with Crippen molar-refractivity contribution in [3.8, 4) is 0 Å². The Kier molecular flexibility index (Phi) is 4.38. The molecule has 0 aromatic rings. The van der Waals surface area contributed by atoms with Crippen molar-refractivity contribution in [2.75, 3.05) is 26.4 Å². The van der Waals surface area contributed by atoms with E-state index in [4.69, 9.17) is 9.47 Å². The molecule has 0 amide bonds. The summed E-state index contributed by atoms with van der Waals surface area (Å²) in [6, 6.07) is 0.612. The fourth-order valence-corrected chi connectivity index (χ4v) is 2.60. The second-order valence-corrected chi connectivity index (χ2v) is 4.84. The second-order valence-electron chi connectivity index (χ2n) is 4.84. The molecule has 0 aromatic heterocycles. The molecule has 2 unspecified atom stereocenters. The van der Waals surface area contributed by atoms with E-state index in [1.165, 1.54) is 0 Å². The molecular formula is C13H23NO2. The molecule has 2 aliphatic rings. The van der Waals surface area contributed by atoms with Crippen molar-refractivity contribution in [3.05, 3.63) is 12.2 Å².